The number of carbonyl (C=O) groups is 1. The van der Waals surface area contributed by atoms with E-state index in [-0.39, 0.29) is 11.8 Å². The molecule has 6 rings (SSSR count). The van der Waals surface area contributed by atoms with Gasteiger partial charge in [-0.05, 0) is 73.9 Å². The second-order valence-electron chi connectivity index (χ2n) is 8.96. The maximum Gasteiger partial charge on any atom is 0.227 e. The zero-order valence-electron chi connectivity index (χ0n) is 17.4. The zero-order valence-corrected chi connectivity index (χ0v) is 19.0. The second-order valence-corrected chi connectivity index (χ2v) is 12.0. The van der Waals surface area contributed by atoms with Crippen molar-refractivity contribution in [2.75, 3.05) is 16.8 Å². The van der Waals surface area contributed by atoms with E-state index in [1.54, 1.807) is 0 Å². The van der Waals surface area contributed by atoms with Crippen LogP contribution in [0.5, 0.6) is 0 Å². The van der Waals surface area contributed by atoms with E-state index in [9.17, 15) is 4.79 Å². The Hall–Kier alpha value is -1.92. The first kappa shape index (κ1) is 19.7. The molecule has 4 nitrogen and oxygen atoms in total. The van der Waals surface area contributed by atoms with E-state index in [2.05, 4.69) is 33.8 Å². The van der Waals surface area contributed by atoms with Gasteiger partial charge in [-0.2, -0.15) is 0 Å². The first-order valence-electron chi connectivity index (χ1n) is 11.3. The maximum atomic E-state index is 13.1. The predicted molar refractivity (Wildman–Crippen MR) is 129 cm³/mol. The summed E-state index contributed by atoms with van der Waals surface area (Å²) in [4.78, 5) is 17.7. The van der Waals surface area contributed by atoms with Gasteiger partial charge < -0.3 is 9.73 Å². The van der Waals surface area contributed by atoms with E-state index < -0.39 is 0 Å². The van der Waals surface area contributed by atoms with Gasteiger partial charge in [-0.3, -0.25) is 4.79 Å². The van der Waals surface area contributed by atoms with Crippen molar-refractivity contribution in [1.29, 1.82) is 0 Å². The quantitative estimate of drug-likeness (QED) is 0.498. The van der Waals surface area contributed by atoms with E-state index in [1.807, 2.05) is 48.5 Å². The minimum atomic E-state index is 0.138. The van der Waals surface area contributed by atoms with Crippen molar-refractivity contribution < 1.29 is 9.21 Å². The Bertz CT molecular complexity index is 1060. The molecule has 160 valence electrons. The number of aromatic nitrogens is 1. The number of nitrogens with zero attached hydrogens (tertiary/aromatic N) is 1. The van der Waals surface area contributed by atoms with Crippen LogP contribution in [0.3, 0.4) is 0 Å². The minimum absolute atomic E-state index is 0.138. The van der Waals surface area contributed by atoms with Crippen LogP contribution in [0.1, 0.15) is 32.1 Å². The summed E-state index contributed by atoms with van der Waals surface area (Å²) in [5.41, 5.74) is 3.40. The molecule has 2 saturated carbocycles. The van der Waals surface area contributed by atoms with Crippen molar-refractivity contribution in [3.8, 4) is 11.5 Å². The lowest BCUT2D eigenvalue weighted by molar-refractivity contribution is -0.122. The molecule has 2 unspecified atom stereocenters. The van der Waals surface area contributed by atoms with Gasteiger partial charge >= 0.3 is 0 Å². The SMILES string of the molecule is O=C(Nc1ccc(-c2nc3ccccc3o2)cc1)C1CC2CCCC(C1)C21SCCS1. The number of carbonyl (C=O) groups excluding carboxylic acids is 1. The van der Waals surface area contributed by atoms with Gasteiger partial charge in [0.1, 0.15) is 5.52 Å². The first-order chi connectivity index (χ1) is 15.2. The lowest BCUT2D eigenvalue weighted by Gasteiger charge is -2.52. The fraction of sp³-hybridized carbons (Fsp3) is 0.440. The summed E-state index contributed by atoms with van der Waals surface area (Å²) in [6, 6.07) is 15.6. The highest BCUT2D eigenvalue weighted by Gasteiger charge is 2.55. The minimum Gasteiger partial charge on any atom is -0.436 e. The summed E-state index contributed by atoms with van der Waals surface area (Å²) in [5.74, 6) is 4.87. The lowest BCUT2D eigenvalue weighted by atomic mass is 9.67. The summed E-state index contributed by atoms with van der Waals surface area (Å²) in [7, 11) is 0. The van der Waals surface area contributed by atoms with Crippen LogP contribution in [0.4, 0.5) is 5.69 Å². The number of nitrogens with one attached hydrogen (secondary N) is 1. The number of benzene rings is 2. The topological polar surface area (TPSA) is 55.1 Å². The summed E-state index contributed by atoms with van der Waals surface area (Å²) in [5, 5.41) is 3.18. The van der Waals surface area contributed by atoms with Crippen molar-refractivity contribution >= 4 is 46.2 Å². The Kier molecular flexibility index (Phi) is 5.03. The number of hydrogen-bond donors (Lipinski definition) is 1. The van der Waals surface area contributed by atoms with Crippen molar-refractivity contribution in [1.82, 2.24) is 4.98 Å². The van der Waals surface area contributed by atoms with Gasteiger partial charge in [0.25, 0.3) is 0 Å². The molecule has 2 atom stereocenters. The standard InChI is InChI=1S/C25H26N2O2S2/c28-23(17-14-18-4-3-5-19(15-17)25(18)30-12-13-31-25)26-20-10-8-16(9-11-20)24-27-21-6-1-2-7-22(21)29-24/h1-2,6-11,17-19H,3-5,12-15H2,(H,26,28). The monoisotopic (exact) mass is 450 g/mol. The number of para-hydroxylation sites is 2. The molecule has 2 bridgehead atoms. The highest BCUT2D eigenvalue weighted by molar-refractivity contribution is 8.21. The number of oxazole rings is 1. The van der Waals surface area contributed by atoms with Gasteiger partial charge in [0, 0.05) is 28.7 Å². The van der Waals surface area contributed by atoms with Crippen LogP contribution in [0.15, 0.2) is 52.9 Å². The third-order valence-corrected chi connectivity index (χ3v) is 11.2. The van der Waals surface area contributed by atoms with Crippen LogP contribution in [-0.4, -0.2) is 26.5 Å². The van der Waals surface area contributed by atoms with Crippen molar-refractivity contribution in [3.05, 3.63) is 48.5 Å². The van der Waals surface area contributed by atoms with Crippen LogP contribution >= 0.6 is 23.5 Å². The number of amides is 1. The van der Waals surface area contributed by atoms with Crippen LogP contribution in [0.2, 0.25) is 0 Å². The highest BCUT2D eigenvalue weighted by Crippen LogP contribution is 2.64. The average Bonchev–Trinajstić information content (AvgIpc) is 3.42. The number of anilines is 1. The molecule has 1 spiro atoms. The average molecular weight is 451 g/mol. The molecule has 2 aliphatic carbocycles. The summed E-state index contributed by atoms with van der Waals surface area (Å²) in [6.07, 6.45) is 6.01. The molecule has 3 aromatic rings. The third-order valence-electron chi connectivity index (χ3n) is 7.18. The predicted octanol–water partition coefficient (Wildman–Crippen LogP) is 6.44. The third kappa shape index (κ3) is 3.48. The molecule has 1 N–H and O–H groups in total. The molecule has 3 fully saturated rings. The molecular formula is C25H26N2O2S2. The molecule has 1 amide bonds. The molecular weight excluding hydrogens is 424 g/mol. The van der Waals surface area contributed by atoms with Gasteiger partial charge in [-0.15, -0.1) is 23.5 Å². The zero-order chi connectivity index (χ0) is 20.8. The van der Waals surface area contributed by atoms with Crippen LogP contribution in [0.25, 0.3) is 22.6 Å². The summed E-state index contributed by atoms with van der Waals surface area (Å²) < 4.78 is 6.27. The van der Waals surface area contributed by atoms with Crippen molar-refractivity contribution in [3.63, 3.8) is 0 Å². The summed E-state index contributed by atoms with van der Waals surface area (Å²) in [6.45, 7) is 0. The first-order valence-corrected chi connectivity index (χ1v) is 13.2. The molecule has 6 heteroatoms. The number of rotatable bonds is 3. The van der Waals surface area contributed by atoms with Crippen molar-refractivity contribution in [2.24, 2.45) is 17.8 Å². The van der Waals surface area contributed by atoms with E-state index in [0.29, 0.717) is 21.8 Å². The number of thioether (sulfide) groups is 2. The second kappa shape index (κ2) is 7.89. The smallest absolute Gasteiger partial charge is 0.227 e. The van der Waals surface area contributed by atoms with Crippen LogP contribution in [-0.2, 0) is 4.79 Å². The van der Waals surface area contributed by atoms with E-state index in [0.717, 1.165) is 35.2 Å². The van der Waals surface area contributed by atoms with E-state index in [1.165, 1.54) is 30.8 Å². The molecule has 2 aromatic carbocycles. The number of fused-ring (bicyclic) bond motifs is 1. The Balaban J connectivity index is 1.15. The van der Waals surface area contributed by atoms with Gasteiger partial charge in [0.05, 0.1) is 4.08 Å². The molecule has 31 heavy (non-hydrogen) atoms. The maximum absolute atomic E-state index is 13.1. The molecule has 0 radical (unpaired) electrons. The van der Waals surface area contributed by atoms with Crippen molar-refractivity contribution in [2.45, 2.75) is 36.2 Å². The highest BCUT2D eigenvalue weighted by atomic mass is 32.2. The Labute approximate surface area is 191 Å². The van der Waals surface area contributed by atoms with Gasteiger partial charge in [0.2, 0.25) is 11.8 Å². The van der Waals surface area contributed by atoms with Crippen LogP contribution < -0.4 is 5.32 Å². The van der Waals surface area contributed by atoms with Crippen LogP contribution in [0, 0.1) is 17.8 Å². The fourth-order valence-electron chi connectivity index (χ4n) is 5.76. The Morgan fingerprint density at radius 3 is 2.42 bits per heavy atom. The Morgan fingerprint density at radius 2 is 1.71 bits per heavy atom. The molecule has 2 heterocycles. The van der Waals surface area contributed by atoms with Gasteiger partial charge in [-0.1, -0.05) is 18.6 Å². The molecule has 1 saturated heterocycles. The Morgan fingerprint density at radius 1 is 1.00 bits per heavy atom. The number of hydrogen-bond acceptors (Lipinski definition) is 5. The molecule has 3 aliphatic rings. The fourth-order valence-corrected chi connectivity index (χ4v) is 9.70. The van der Waals surface area contributed by atoms with Gasteiger partial charge in [0.15, 0.2) is 5.58 Å². The van der Waals surface area contributed by atoms with E-state index >= 15 is 0 Å². The molecule has 1 aromatic heterocycles. The largest absolute Gasteiger partial charge is 0.436 e. The molecule has 1 aliphatic heterocycles. The van der Waals surface area contributed by atoms with Gasteiger partial charge in [-0.25, -0.2) is 4.98 Å². The lowest BCUT2D eigenvalue weighted by Crippen LogP contribution is -2.48. The van der Waals surface area contributed by atoms with E-state index in [4.69, 9.17) is 4.42 Å². The summed E-state index contributed by atoms with van der Waals surface area (Å²) >= 11 is 4.39. The normalized spacial score (nSPS) is 26.9.